The molecule has 2 rings (SSSR count). The predicted molar refractivity (Wildman–Crippen MR) is 60.9 cm³/mol. The quantitative estimate of drug-likeness (QED) is 0.818. The van der Waals surface area contributed by atoms with E-state index in [-0.39, 0.29) is 0 Å². The molecule has 0 radical (unpaired) electrons. The minimum Gasteiger partial charge on any atom is -0.366 e. The molecule has 0 fully saturated rings. The molecule has 1 amide bonds. The number of imidazole rings is 1. The van der Waals surface area contributed by atoms with Gasteiger partial charge >= 0.3 is 0 Å². The van der Waals surface area contributed by atoms with Crippen LogP contribution < -0.4 is 5.73 Å². The Hall–Kier alpha value is -2.17. The van der Waals surface area contributed by atoms with Gasteiger partial charge in [-0.25, -0.2) is 9.50 Å². The van der Waals surface area contributed by atoms with E-state index in [0.29, 0.717) is 16.8 Å². The molecule has 2 aromatic rings. The molecule has 5 nitrogen and oxygen atoms in total. The van der Waals surface area contributed by atoms with Crippen LogP contribution in [-0.2, 0) is 0 Å². The Bertz CT molecular complexity index is 597. The largest absolute Gasteiger partial charge is 0.366 e. The lowest BCUT2D eigenvalue weighted by Crippen LogP contribution is -2.15. The zero-order valence-electron chi connectivity index (χ0n) is 9.19. The van der Waals surface area contributed by atoms with E-state index in [1.165, 1.54) is 6.20 Å². The second kappa shape index (κ2) is 3.44. The summed E-state index contributed by atoms with van der Waals surface area (Å²) in [4.78, 5) is 15.6. The zero-order valence-corrected chi connectivity index (χ0v) is 9.19. The van der Waals surface area contributed by atoms with Crippen molar-refractivity contribution in [2.45, 2.75) is 13.8 Å². The molecule has 0 spiro atoms. The van der Waals surface area contributed by atoms with Crippen molar-refractivity contribution >= 4 is 17.1 Å². The molecule has 2 N–H and O–H groups in total. The van der Waals surface area contributed by atoms with Gasteiger partial charge in [0.2, 0.25) is 0 Å². The highest BCUT2D eigenvalue weighted by Crippen LogP contribution is 2.21. The third kappa shape index (κ3) is 1.46. The number of aromatic nitrogens is 3. The summed E-state index contributed by atoms with van der Waals surface area (Å²) in [7, 11) is 0. The van der Waals surface area contributed by atoms with E-state index in [4.69, 9.17) is 5.73 Å². The van der Waals surface area contributed by atoms with Crippen LogP contribution >= 0.6 is 0 Å². The molecular formula is C11H12N4O. The third-order valence-electron chi connectivity index (χ3n) is 2.30. The van der Waals surface area contributed by atoms with E-state index in [2.05, 4.69) is 16.7 Å². The molecule has 0 aromatic carbocycles. The minimum atomic E-state index is -0.520. The van der Waals surface area contributed by atoms with Crippen molar-refractivity contribution < 1.29 is 4.79 Å². The van der Waals surface area contributed by atoms with Crippen LogP contribution in [0.1, 0.15) is 28.5 Å². The molecule has 0 bridgehead atoms. The van der Waals surface area contributed by atoms with Crippen LogP contribution in [-0.4, -0.2) is 20.5 Å². The maximum Gasteiger partial charge on any atom is 0.251 e. The summed E-state index contributed by atoms with van der Waals surface area (Å²) >= 11 is 0. The third-order valence-corrected chi connectivity index (χ3v) is 2.30. The number of amides is 1. The Labute approximate surface area is 92.6 Å². The molecule has 0 saturated heterocycles. The molecule has 2 heterocycles. The number of primary amides is 1. The van der Waals surface area contributed by atoms with Crippen molar-refractivity contribution in [3.8, 4) is 0 Å². The minimum absolute atomic E-state index is 0.352. The van der Waals surface area contributed by atoms with E-state index in [1.807, 2.05) is 13.8 Å². The number of nitrogens with two attached hydrogens (primary N) is 1. The van der Waals surface area contributed by atoms with Gasteiger partial charge in [-0.15, -0.1) is 0 Å². The highest BCUT2D eigenvalue weighted by atomic mass is 16.1. The highest BCUT2D eigenvalue weighted by molar-refractivity contribution is 5.99. The van der Waals surface area contributed by atoms with Gasteiger partial charge in [0.05, 0.1) is 23.7 Å². The van der Waals surface area contributed by atoms with Crippen molar-refractivity contribution in [2.24, 2.45) is 5.73 Å². The number of rotatable bonds is 2. The summed E-state index contributed by atoms with van der Waals surface area (Å²) in [5, 5.41) is 4.08. The van der Waals surface area contributed by atoms with Gasteiger partial charge in [-0.05, 0) is 19.4 Å². The Morgan fingerprint density at radius 3 is 2.81 bits per heavy atom. The topological polar surface area (TPSA) is 73.3 Å². The van der Waals surface area contributed by atoms with Crippen molar-refractivity contribution in [3.63, 3.8) is 0 Å². The Morgan fingerprint density at radius 2 is 2.25 bits per heavy atom. The number of hydrogen-bond donors (Lipinski definition) is 1. The van der Waals surface area contributed by atoms with Gasteiger partial charge in [0.15, 0.2) is 5.65 Å². The summed E-state index contributed by atoms with van der Waals surface area (Å²) in [6.45, 7) is 7.51. The lowest BCUT2D eigenvalue weighted by Gasteiger charge is -2.06. The molecule has 5 heteroatoms. The van der Waals surface area contributed by atoms with E-state index < -0.39 is 5.91 Å². The van der Waals surface area contributed by atoms with Gasteiger partial charge in [-0.3, -0.25) is 4.79 Å². The van der Waals surface area contributed by atoms with E-state index in [9.17, 15) is 4.79 Å². The first-order valence-electron chi connectivity index (χ1n) is 4.81. The average Bonchev–Trinajstić information content (AvgIpc) is 2.55. The number of carbonyl (C=O) groups excluding carboxylic acids is 1. The smallest absolute Gasteiger partial charge is 0.251 e. The average molecular weight is 216 g/mol. The van der Waals surface area contributed by atoms with Crippen molar-refractivity contribution in [2.75, 3.05) is 0 Å². The fraction of sp³-hybridized carbons (Fsp3) is 0.182. The number of carbonyl (C=O) groups is 1. The van der Waals surface area contributed by atoms with Crippen LogP contribution in [0.5, 0.6) is 0 Å². The number of hydrogen-bond acceptors (Lipinski definition) is 3. The maximum atomic E-state index is 11.3. The number of nitrogens with zero attached hydrogens (tertiary/aromatic N) is 3. The summed E-state index contributed by atoms with van der Waals surface area (Å²) in [5.41, 5.74) is 8.49. The van der Waals surface area contributed by atoms with Crippen molar-refractivity contribution in [1.82, 2.24) is 14.6 Å². The number of aryl methyl sites for hydroxylation is 1. The first-order chi connectivity index (χ1) is 7.50. The van der Waals surface area contributed by atoms with Gasteiger partial charge in [0, 0.05) is 5.56 Å². The van der Waals surface area contributed by atoms with Crippen LogP contribution in [0.4, 0.5) is 0 Å². The molecule has 82 valence electrons. The first kappa shape index (κ1) is 10.4. The van der Waals surface area contributed by atoms with E-state index >= 15 is 0 Å². The molecule has 0 atom stereocenters. The SMILES string of the molecule is C=C(C)c1c(C(N)=O)cnn2cc(C)nc12. The molecule has 0 aliphatic carbocycles. The molecule has 0 aliphatic rings. The lowest BCUT2D eigenvalue weighted by molar-refractivity contribution is 0.0999. The summed E-state index contributed by atoms with van der Waals surface area (Å²) in [6, 6.07) is 0. The van der Waals surface area contributed by atoms with Gasteiger partial charge in [0.25, 0.3) is 5.91 Å². The van der Waals surface area contributed by atoms with E-state index in [0.717, 1.165) is 11.3 Å². The summed E-state index contributed by atoms with van der Waals surface area (Å²) in [5.74, 6) is -0.520. The number of allylic oxidation sites excluding steroid dienone is 1. The van der Waals surface area contributed by atoms with Gasteiger partial charge < -0.3 is 5.73 Å². The fourth-order valence-corrected chi connectivity index (χ4v) is 1.66. The van der Waals surface area contributed by atoms with Crippen LogP contribution in [0.15, 0.2) is 19.0 Å². The van der Waals surface area contributed by atoms with Crippen LogP contribution in [0.25, 0.3) is 11.2 Å². The Morgan fingerprint density at radius 1 is 1.56 bits per heavy atom. The molecular weight excluding hydrogens is 204 g/mol. The van der Waals surface area contributed by atoms with Gasteiger partial charge in [-0.2, -0.15) is 5.10 Å². The molecule has 16 heavy (non-hydrogen) atoms. The van der Waals surface area contributed by atoms with Crippen molar-refractivity contribution in [1.29, 1.82) is 0 Å². The van der Waals surface area contributed by atoms with Gasteiger partial charge in [-0.1, -0.05) is 6.58 Å². The lowest BCUT2D eigenvalue weighted by atomic mass is 10.1. The van der Waals surface area contributed by atoms with Crippen LogP contribution in [0, 0.1) is 6.92 Å². The van der Waals surface area contributed by atoms with Crippen LogP contribution in [0.3, 0.4) is 0 Å². The first-order valence-corrected chi connectivity index (χ1v) is 4.81. The summed E-state index contributed by atoms with van der Waals surface area (Å²) < 4.78 is 1.62. The fourth-order valence-electron chi connectivity index (χ4n) is 1.66. The molecule has 2 aromatic heterocycles. The molecule has 0 saturated carbocycles. The monoisotopic (exact) mass is 216 g/mol. The second-order valence-corrected chi connectivity index (χ2v) is 3.73. The predicted octanol–water partition coefficient (Wildman–Crippen LogP) is 1.17. The zero-order chi connectivity index (χ0) is 11.9. The van der Waals surface area contributed by atoms with Crippen LogP contribution in [0.2, 0.25) is 0 Å². The normalized spacial score (nSPS) is 10.6. The summed E-state index contributed by atoms with van der Waals surface area (Å²) in [6.07, 6.45) is 3.23. The molecule has 0 aliphatic heterocycles. The van der Waals surface area contributed by atoms with Gasteiger partial charge in [0.1, 0.15) is 0 Å². The number of fused-ring (bicyclic) bond motifs is 1. The second-order valence-electron chi connectivity index (χ2n) is 3.73. The van der Waals surface area contributed by atoms with Crippen molar-refractivity contribution in [3.05, 3.63) is 35.8 Å². The van der Waals surface area contributed by atoms with E-state index in [1.54, 1.807) is 10.7 Å². The molecule has 0 unspecified atom stereocenters. The maximum absolute atomic E-state index is 11.3. The Balaban J connectivity index is 2.88. The highest BCUT2D eigenvalue weighted by Gasteiger charge is 2.15. The Kier molecular flexibility index (Phi) is 2.23. The standard InChI is InChI=1S/C11H12N4O/c1-6(2)9-8(10(12)16)4-13-15-5-7(3)14-11(9)15/h4-5H,1H2,2-3H3,(H2,12,16).